The largest absolute Gasteiger partial charge is 0.465 e. The zero-order valence-electron chi connectivity index (χ0n) is 10.6. The molecule has 1 N–H and O–H groups in total. The molecular weight excluding hydrogens is 232 g/mol. The lowest BCUT2D eigenvalue weighted by atomic mass is 10.1. The van der Waals surface area contributed by atoms with Crippen LogP contribution in [0, 0.1) is 0 Å². The summed E-state index contributed by atoms with van der Waals surface area (Å²) < 4.78 is 0. The minimum atomic E-state index is -1.07. The van der Waals surface area contributed by atoms with Crippen molar-refractivity contribution in [2.24, 2.45) is 0 Å². The third-order valence-corrected chi connectivity index (χ3v) is 2.33. The van der Waals surface area contributed by atoms with Crippen molar-refractivity contribution < 1.29 is 14.7 Å². The van der Waals surface area contributed by atoms with E-state index in [1.807, 2.05) is 14.1 Å². The van der Waals surface area contributed by atoms with E-state index in [0.29, 0.717) is 11.3 Å². The predicted molar refractivity (Wildman–Crippen MR) is 70.0 cm³/mol. The number of carbonyl (C=O) groups excluding carboxylic acids is 1. The van der Waals surface area contributed by atoms with E-state index in [2.05, 4.69) is 0 Å². The molecular formula is C13H16N2O3. The molecule has 0 heterocycles. The van der Waals surface area contributed by atoms with Crippen molar-refractivity contribution in [2.45, 2.75) is 0 Å². The standard InChI is InChI=1S/C13H16N2O3/c1-14(2)8-7-12(16)10-5-4-6-11(9-10)15(3)13(17)18/h4-9H,1-3H3,(H,17,18). The molecule has 0 atom stereocenters. The first-order valence-electron chi connectivity index (χ1n) is 5.37. The number of anilines is 1. The van der Waals surface area contributed by atoms with E-state index < -0.39 is 6.09 Å². The van der Waals surface area contributed by atoms with Gasteiger partial charge in [-0.3, -0.25) is 9.69 Å². The number of hydrogen-bond acceptors (Lipinski definition) is 3. The maximum atomic E-state index is 11.8. The van der Waals surface area contributed by atoms with Crippen LogP contribution >= 0.6 is 0 Å². The molecule has 1 aromatic carbocycles. The summed E-state index contributed by atoms with van der Waals surface area (Å²) in [6, 6.07) is 6.50. The zero-order valence-corrected chi connectivity index (χ0v) is 10.6. The maximum absolute atomic E-state index is 11.8. The fraction of sp³-hybridized carbons (Fsp3) is 0.231. The SMILES string of the molecule is CN(C)C=CC(=O)c1cccc(N(C)C(=O)O)c1. The van der Waals surface area contributed by atoms with Crippen LogP contribution in [0.2, 0.25) is 0 Å². The molecule has 5 nitrogen and oxygen atoms in total. The van der Waals surface area contributed by atoms with Gasteiger partial charge in [0.25, 0.3) is 0 Å². The summed E-state index contributed by atoms with van der Waals surface area (Å²) in [6.07, 6.45) is 2.03. The number of amides is 1. The molecule has 1 amide bonds. The quantitative estimate of drug-likeness (QED) is 0.654. The van der Waals surface area contributed by atoms with Crippen molar-refractivity contribution >= 4 is 17.6 Å². The Morgan fingerprint density at radius 3 is 2.44 bits per heavy atom. The molecule has 0 saturated heterocycles. The Morgan fingerprint density at radius 1 is 1.22 bits per heavy atom. The van der Waals surface area contributed by atoms with Gasteiger partial charge in [0.2, 0.25) is 0 Å². The molecule has 1 aromatic rings. The highest BCUT2D eigenvalue weighted by atomic mass is 16.4. The molecule has 18 heavy (non-hydrogen) atoms. The van der Waals surface area contributed by atoms with Crippen LogP contribution in [0.1, 0.15) is 10.4 Å². The van der Waals surface area contributed by atoms with Gasteiger partial charge in [-0.1, -0.05) is 12.1 Å². The number of allylic oxidation sites excluding steroid dienone is 1. The number of carbonyl (C=O) groups is 2. The Hall–Kier alpha value is -2.30. The number of carboxylic acid groups (broad SMARTS) is 1. The lowest BCUT2D eigenvalue weighted by Gasteiger charge is -2.13. The molecule has 0 saturated carbocycles. The predicted octanol–water partition coefficient (Wildman–Crippen LogP) is 2.06. The fourth-order valence-corrected chi connectivity index (χ4v) is 1.29. The summed E-state index contributed by atoms with van der Waals surface area (Å²) in [4.78, 5) is 25.4. The van der Waals surface area contributed by atoms with Gasteiger partial charge in [0.05, 0.1) is 0 Å². The number of hydrogen-bond donors (Lipinski definition) is 1. The second kappa shape index (κ2) is 5.86. The van der Waals surface area contributed by atoms with Crippen LogP contribution in [0.15, 0.2) is 36.5 Å². The highest BCUT2D eigenvalue weighted by Gasteiger charge is 2.10. The van der Waals surface area contributed by atoms with Crippen LogP contribution in [0.5, 0.6) is 0 Å². The number of benzene rings is 1. The van der Waals surface area contributed by atoms with E-state index in [-0.39, 0.29) is 5.78 Å². The Labute approximate surface area is 106 Å². The topological polar surface area (TPSA) is 60.9 Å². The summed E-state index contributed by atoms with van der Waals surface area (Å²) in [6.45, 7) is 0. The van der Waals surface area contributed by atoms with Crippen molar-refractivity contribution in [3.05, 3.63) is 42.1 Å². The van der Waals surface area contributed by atoms with Crippen molar-refractivity contribution in [3.8, 4) is 0 Å². The van der Waals surface area contributed by atoms with Crippen LogP contribution < -0.4 is 4.90 Å². The van der Waals surface area contributed by atoms with Gasteiger partial charge >= 0.3 is 6.09 Å². The fourth-order valence-electron chi connectivity index (χ4n) is 1.29. The van der Waals surface area contributed by atoms with E-state index in [0.717, 1.165) is 4.90 Å². The molecule has 0 aliphatic rings. The van der Waals surface area contributed by atoms with E-state index in [1.165, 1.54) is 13.1 Å². The van der Waals surface area contributed by atoms with Crippen LogP contribution in [0.3, 0.4) is 0 Å². The van der Waals surface area contributed by atoms with Crippen LogP contribution in [-0.4, -0.2) is 43.0 Å². The summed E-state index contributed by atoms with van der Waals surface area (Å²) >= 11 is 0. The van der Waals surface area contributed by atoms with Crippen LogP contribution in [0.25, 0.3) is 0 Å². The van der Waals surface area contributed by atoms with Crippen LogP contribution in [0.4, 0.5) is 10.5 Å². The third-order valence-electron chi connectivity index (χ3n) is 2.33. The van der Waals surface area contributed by atoms with Gasteiger partial charge in [-0.15, -0.1) is 0 Å². The molecule has 0 radical (unpaired) electrons. The molecule has 0 fully saturated rings. The van der Waals surface area contributed by atoms with E-state index in [1.54, 1.807) is 35.4 Å². The van der Waals surface area contributed by atoms with Gasteiger partial charge < -0.3 is 10.0 Å². The monoisotopic (exact) mass is 248 g/mol. The lowest BCUT2D eigenvalue weighted by molar-refractivity contribution is 0.104. The highest BCUT2D eigenvalue weighted by molar-refractivity contribution is 6.05. The van der Waals surface area contributed by atoms with E-state index in [4.69, 9.17) is 5.11 Å². The Balaban J connectivity index is 2.95. The van der Waals surface area contributed by atoms with Gasteiger partial charge in [0.1, 0.15) is 0 Å². The minimum absolute atomic E-state index is 0.163. The zero-order chi connectivity index (χ0) is 13.7. The number of rotatable bonds is 4. The summed E-state index contributed by atoms with van der Waals surface area (Å²) in [7, 11) is 5.07. The molecule has 0 aliphatic carbocycles. The van der Waals surface area contributed by atoms with Crippen molar-refractivity contribution in [2.75, 3.05) is 26.0 Å². The Bertz CT molecular complexity index is 481. The van der Waals surface area contributed by atoms with E-state index >= 15 is 0 Å². The highest BCUT2D eigenvalue weighted by Crippen LogP contribution is 2.15. The van der Waals surface area contributed by atoms with Gasteiger partial charge in [0.15, 0.2) is 5.78 Å². The first-order valence-corrected chi connectivity index (χ1v) is 5.37. The van der Waals surface area contributed by atoms with Crippen molar-refractivity contribution in [1.29, 1.82) is 0 Å². The Kier molecular flexibility index (Phi) is 4.48. The van der Waals surface area contributed by atoms with E-state index in [9.17, 15) is 9.59 Å². The van der Waals surface area contributed by atoms with Gasteiger partial charge in [-0.25, -0.2) is 4.79 Å². The first-order chi connectivity index (χ1) is 8.41. The molecule has 1 rings (SSSR count). The molecule has 0 spiro atoms. The van der Waals surface area contributed by atoms with Crippen molar-refractivity contribution in [3.63, 3.8) is 0 Å². The molecule has 0 bridgehead atoms. The number of ketones is 1. The van der Waals surface area contributed by atoms with Gasteiger partial charge in [-0.05, 0) is 12.1 Å². The van der Waals surface area contributed by atoms with Crippen LogP contribution in [-0.2, 0) is 0 Å². The molecule has 0 aromatic heterocycles. The molecule has 0 unspecified atom stereocenters. The summed E-state index contributed by atoms with van der Waals surface area (Å²) in [5, 5.41) is 8.86. The summed E-state index contributed by atoms with van der Waals surface area (Å²) in [5.41, 5.74) is 0.922. The normalized spacial score (nSPS) is 10.4. The minimum Gasteiger partial charge on any atom is -0.465 e. The van der Waals surface area contributed by atoms with Crippen molar-refractivity contribution in [1.82, 2.24) is 4.90 Å². The summed E-state index contributed by atoms with van der Waals surface area (Å²) in [5.74, 6) is -0.163. The van der Waals surface area contributed by atoms with Gasteiger partial charge in [-0.2, -0.15) is 0 Å². The average Bonchev–Trinajstić information content (AvgIpc) is 2.34. The molecule has 0 aliphatic heterocycles. The van der Waals surface area contributed by atoms with Gasteiger partial charge in [0, 0.05) is 44.7 Å². The first kappa shape index (κ1) is 13.8. The maximum Gasteiger partial charge on any atom is 0.411 e. The second-order valence-corrected chi connectivity index (χ2v) is 4.04. The smallest absolute Gasteiger partial charge is 0.411 e. The average molecular weight is 248 g/mol. The number of nitrogens with zero attached hydrogens (tertiary/aromatic N) is 2. The lowest BCUT2D eigenvalue weighted by Crippen LogP contribution is -2.23. The molecule has 5 heteroatoms. The molecule has 96 valence electrons. The Morgan fingerprint density at radius 2 is 1.89 bits per heavy atom. The third kappa shape index (κ3) is 3.62. The second-order valence-electron chi connectivity index (χ2n) is 4.04.